The van der Waals surface area contributed by atoms with E-state index in [1.165, 1.54) is 6.07 Å². The number of ketones is 1. The molecule has 3 aromatic rings. The predicted molar refractivity (Wildman–Crippen MR) is 183 cm³/mol. The minimum atomic E-state index is -0.817. The van der Waals surface area contributed by atoms with Gasteiger partial charge < -0.3 is 10.6 Å². The Kier molecular flexibility index (Phi) is 13.6. The summed E-state index contributed by atoms with van der Waals surface area (Å²) in [6.07, 6.45) is 5.48. The molecule has 242 valence electrons. The van der Waals surface area contributed by atoms with E-state index in [0.29, 0.717) is 40.4 Å². The highest BCUT2D eigenvalue weighted by Crippen LogP contribution is 2.56. The Balaban J connectivity index is 0.00000133. The summed E-state index contributed by atoms with van der Waals surface area (Å²) in [5.41, 5.74) is 2.19. The molecule has 2 amide bonds. The van der Waals surface area contributed by atoms with Crippen molar-refractivity contribution >= 4 is 52.7 Å². The van der Waals surface area contributed by atoms with Gasteiger partial charge in [-0.3, -0.25) is 19.7 Å². The van der Waals surface area contributed by atoms with Gasteiger partial charge in [-0.2, -0.15) is 0 Å². The first-order valence-corrected chi connectivity index (χ1v) is 16.7. The average molecular weight is 657 g/mol. The van der Waals surface area contributed by atoms with Gasteiger partial charge in [0.05, 0.1) is 11.1 Å². The van der Waals surface area contributed by atoms with Crippen LogP contribution < -0.4 is 16.0 Å². The Morgan fingerprint density at radius 2 is 1.62 bits per heavy atom. The zero-order valence-electron chi connectivity index (χ0n) is 26.7. The standard InChI is InChI=1S/C32H32Cl2FN3O3.2C2H6/c1-2-26(40)19-9-12-21(13-10-19)37-31(41)30-27(23-7-6-8-24(34)29(23)35)28(32(38-30)15-4-3-5-16-32)22-14-11-20(33)17-25(22)36-18-39;2*1-2/h6-14,17-18,27-28,30,38H,2-5,15-16H2,1H3,(H,36,39)(H,37,41);2*1-2H3/t27-,28?,30-;;/m1../s1. The van der Waals surface area contributed by atoms with E-state index in [1.54, 1.807) is 55.5 Å². The molecule has 1 aliphatic carbocycles. The Morgan fingerprint density at radius 3 is 2.24 bits per heavy atom. The molecule has 45 heavy (non-hydrogen) atoms. The first kappa shape index (κ1) is 36.2. The summed E-state index contributed by atoms with van der Waals surface area (Å²) in [5, 5.41) is 9.85. The van der Waals surface area contributed by atoms with Crippen molar-refractivity contribution in [3.63, 3.8) is 0 Å². The number of hydrogen-bond acceptors (Lipinski definition) is 4. The zero-order chi connectivity index (χ0) is 33.1. The van der Waals surface area contributed by atoms with Gasteiger partial charge in [0.15, 0.2) is 5.78 Å². The van der Waals surface area contributed by atoms with Crippen LogP contribution in [0.4, 0.5) is 15.8 Å². The number of hydrogen-bond donors (Lipinski definition) is 3. The molecule has 5 rings (SSSR count). The lowest BCUT2D eigenvalue weighted by atomic mass is 9.66. The lowest BCUT2D eigenvalue weighted by Crippen LogP contribution is -2.50. The number of benzene rings is 3. The zero-order valence-corrected chi connectivity index (χ0v) is 28.2. The van der Waals surface area contributed by atoms with Crippen LogP contribution in [0, 0.1) is 5.82 Å². The normalized spacial score (nSPS) is 19.8. The number of Topliss-reactive ketones (excluding diaryl/α,β-unsaturated/α-hetero) is 1. The molecule has 1 aliphatic heterocycles. The summed E-state index contributed by atoms with van der Waals surface area (Å²) in [7, 11) is 0. The van der Waals surface area contributed by atoms with Crippen molar-refractivity contribution in [1.29, 1.82) is 0 Å². The SMILES string of the molecule is CC.CC.CCC(=O)c1ccc(NC(=O)[C@@H]2NC3(CCCCC3)C(c3ccc(Cl)cc3NC=O)[C@H]2c2cccc(Cl)c2F)cc1. The van der Waals surface area contributed by atoms with Crippen LogP contribution >= 0.6 is 23.2 Å². The van der Waals surface area contributed by atoms with Gasteiger partial charge in [-0.1, -0.05) is 95.3 Å². The maximum Gasteiger partial charge on any atom is 0.242 e. The molecule has 1 spiro atoms. The molecule has 0 radical (unpaired) electrons. The van der Waals surface area contributed by atoms with Crippen LogP contribution in [0.1, 0.15) is 106 Å². The summed E-state index contributed by atoms with van der Waals surface area (Å²) < 4.78 is 15.8. The summed E-state index contributed by atoms with van der Waals surface area (Å²) in [6, 6.07) is 16.1. The Bertz CT molecular complexity index is 1460. The number of carbonyl (C=O) groups is 3. The van der Waals surface area contributed by atoms with Crippen LogP contribution in [0.5, 0.6) is 0 Å². The quantitative estimate of drug-likeness (QED) is 0.167. The molecular weight excluding hydrogens is 612 g/mol. The lowest BCUT2D eigenvalue weighted by Gasteiger charge is -2.41. The second-order valence-corrected chi connectivity index (χ2v) is 11.7. The molecule has 3 aromatic carbocycles. The summed E-state index contributed by atoms with van der Waals surface area (Å²) in [5.74, 6) is -1.91. The molecule has 0 bridgehead atoms. The fourth-order valence-electron chi connectivity index (χ4n) is 6.67. The van der Waals surface area contributed by atoms with Gasteiger partial charge in [0.2, 0.25) is 12.3 Å². The largest absolute Gasteiger partial charge is 0.328 e. The number of halogens is 3. The lowest BCUT2D eigenvalue weighted by molar-refractivity contribution is -0.118. The monoisotopic (exact) mass is 655 g/mol. The molecule has 3 atom stereocenters. The summed E-state index contributed by atoms with van der Waals surface area (Å²) >= 11 is 12.6. The van der Waals surface area contributed by atoms with Gasteiger partial charge in [0.25, 0.3) is 0 Å². The van der Waals surface area contributed by atoms with Crippen molar-refractivity contribution in [2.24, 2.45) is 0 Å². The van der Waals surface area contributed by atoms with E-state index in [1.807, 2.05) is 33.8 Å². The minimum absolute atomic E-state index is 0.0154. The Morgan fingerprint density at radius 1 is 0.956 bits per heavy atom. The second kappa shape index (κ2) is 16.9. The fourth-order valence-corrected chi connectivity index (χ4v) is 7.03. The van der Waals surface area contributed by atoms with Crippen molar-refractivity contribution in [2.75, 3.05) is 10.6 Å². The van der Waals surface area contributed by atoms with Gasteiger partial charge in [-0.15, -0.1) is 0 Å². The average Bonchev–Trinajstić information content (AvgIpc) is 3.38. The molecule has 1 heterocycles. The number of amides is 2. The van der Waals surface area contributed by atoms with Crippen LogP contribution in [0.25, 0.3) is 0 Å². The van der Waals surface area contributed by atoms with Crippen LogP contribution in [-0.2, 0) is 9.59 Å². The van der Waals surface area contributed by atoms with E-state index >= 15 is 4.39 Å². The first-order chi connectivity index (χ1) is 21.8. The van der Waals surface area contributed by atoms with Gasteiger partial charge in [-0.05, 0) is 66.4 Å². The Labute approximate surface area is 276 Å². The van der Waals surface area contributed by atoms with Crippen molar-refractivity contribution < 1.29 is 18.8 Å². The van der Waals surface area contributed by atoms with E-state index in [0.717, 1.165) is 37.7 Å². The van der Waals surface area contributed by atoms with Crippen molar-refractivity contribution in [2.45, 2.75) is 96.6 Å². The van der Waals surface area contributed by atoms with E-state index < -0.39 is 23.3 Å². The van der Waals surface area contributed by atoms with Crippen molar-refractivity contribution in [3.05, 3.63) is 93.2 Å². The van der Waals surface area contributed by atoms with Crippen LogP contribution in [0.15, 0.2) is 60.7 Å². The molecule has 1 saturated heterocycles. The van der Waals surface area contributed by atoms with E-state index in [-0.39, 0.29) is 22.6 Å². The molecule has 1 saturated carbocycles. The van der Waals surface area contributed by atoms with Gasteiger partial charge in [-0.25, -0.2) is 4.39 Å². The number of nitrogens with one attached hydrogen (secondary N) is 3. The summed E-state index contributed by atoms with van der Waals surface area (Å²) in [4.78, 5) is 37.7. The molecule has 0 aromatic heterocycles. The second-order valence-electron chi connectivity index (χ2n) is 10.8. The maximum atomic E-state index is 15.8. The third kappa shape index (κ3) is 7.94. The Hall–Kier alpha value is -3.26. The third-order valence-corrected chi connectivity index (χ3v) is 9.01. The number of carbonyl (C=O) groups excluding carboxylic acids is 3. The summed E-state index contributed by atoms with van der Waals surface area (Å²) in [6.45, 7) is 9.80. The fraction of sp³-hybridized carbons (Fsp3) is 0.417. The van der Waals surface area contributed by atoms with Crippen LogP contribution in [-0.4, -0.2) is 29.7 Å². The highest BCUT2D eigenvalue weighted by atomic mass is 35.5. The van der Waals surface area contributed by atoms with Crippen LogP contribution in [0.3, 0.4) is 0 Å². The number of anilines is 2. The van der Waals surface area contributed by atoms with Gasteiger partial charge in [0, 0.05) is 45.8 Å². The van der Waals surface area contributed by atoms with Crippen molar-refractivity contribution in [1.82, 2.24) is 5.32 Å². The number of rotatable bonds is 8. The molecule has 9 heteroatoms. The first-order valence-electron chi connectivity index (χ1n) is 15.9. The van der Waals surface area contributed by atoms with E-state index in [9.17, 15) is 14.4 Å². The van der Waals surface area contributed by atoms with Gasteiger partial charge in [0.1, 0.15) is 5.82 Å². The molecule has 2 aliphatic rings. The van der Waals surface area contributed by atoms with E-state index in [2.05, 4.69) is 16.0 Å². The topological polar surface area (TPSA) is 87.3 Å². The third-order valence-electron chi connectivity index (χ3n) is 8.49. The molecule has 3 N–H and O–H groups in total. The van der Waals surface area contributed by atoms with Crippen LogP contribution in [0.2, 0.25) is 10.0 Å². The van der Waals surface area contributed by atoms with Gasteiger partial charge >= 0.3 is 0 Å². The highest BCUT2D eigenvalue weighted by Gasteiger charge is 2.57. The minimum Gasteiger partial charge on any atom is -0.328 e. The molecule has 2 fully saturated rings. The molecule has 6 nitrogen and oxygen atoms in total. The predicted octanol–water partition coefficient (Wildman–Crippen LogP) is 9.53. The van der Waals surface area contributed by atoms with E-state index in [4.69, 9.17) is 23.2 Å². The van der Waals surface area contributed by atoms with Crippen molar-refractivity contribution in [3.8, 4) is 0 Å². The molecular formula is C36H44Cl2FN3O3. The smallest absolute Gasteiger partial charge is 0.242 e. The maximum absolute atomic E-state index is 15.8. The molecule has 1 unspecified atom stereocenters. The highest BCUT2D eigenvalue weighted by molar-refractivity contribution is 6.31.